The fraction of sp³-hybridized carbons (Fsp3) is 0.364. The molecule has 1 aliphatic carbocycles. The summed E-state index contributed by atoms with van der Waals surface area (Å²) < 4.78 is 27.2. The molecule has 1 fully saturated rings. The molecule has 7 heteroatoms. The maximum atomic E-state index is 12.4. The number of nitrogens with one attached hydrogen (secondary N) is 2. The van der Waals surface area contributed by atoms with Crippen molar-refractivity contribution in [2.45, 2.75) is 37.6 Å². The van der Waals surface area contributed by atoms with Crippen LogP contribution in [-0.2, 0) is 14.8 Å². The lowest BCUT2D eigenvalue weighted by Gasteiger charge is -2.19. The van der Waals surface area contributed by atoms with Crippen LogP contribution in [0.15, 0.2) is 59.5 Å². The Bertz CT molecular complexity index is 972. The SMILES string of the molecule is CC(=O)c1ccc(S(=O)(=O)NCCC(=O)NC(c2ccccc2)C2CC2C)cc1. The van der Waals surface area contributed by atoms with Crippen molar-refractivity contribution in [1.29, 1.82) is 0 Å². The summed E-state index contributed by atoms with van der Waals surface area (Å²) >= 11 is 0. The standard InChI is InChI=1S/C22H26N2O4S/c1-15-14-20(15)22(18-6-4-3-5-7-18)24-21(26)12-13-23-29(27,28)19-10-8-17(9-11-19)16(2)25/h3-11,15,20,22-23H,12-14H2,1-2H3,(H,24,26). The summed E-state index contributed by atoms with van der Waals surface area (Å²) in [6.07, 6.45) is 1.12. The van der Waals surface area contributed by atoms with Gasteiger partial charge in [0.15, 0.2) is 5.78 Å². The second-order valence-corrected chi connectivity index (χ2v) is 9.33. The lowest BCUT2D eigenvalue weighted by atomic mass is 10.0. The molecule has 3 atom stereocenters. The number of benzene rings is 2. The average Bonchev–Trinajstić information content (AvgIpc) is 3.43. The second-order valence-electron chi connectivity index (χ2n) is 7.56. The van der Waals surface area contributed by atoms with Crippen LogP contribution >= 0.6 is 0 Å². The highest BCUT2D eigenvalue weighted by Gasteiger charge is 2.40. The van der Waals surface area contributed by atoms with Crippen molar-refractivity contribution in [2.24, 2.45) is 11.8 Å². The molecule has 0 aromatic heterocycles. The summed E-state index contributed by atoms with van der Waals surface area (Å²) in [4.78, 5) is 23.8. The Hall–Kier alpha value is -2.51. The largest absolute Gasteiger partial charge is 0.349 e. The van der Waals surface area contributed by atoms with E-state index in [1.807, 2.05) is 30.3 Å². The third-order valence-electron chi connectivity index (χ3n) is 5.29. The number of carbonyl (C=O) groups excluding carboxylic acids is 2. The maximum absolute atomic E-state index is 12.4. The number of Topliss-reactive ketones (excluding diaryl/α,β-unsaturated/α-hetero) is 1. The Balaban J connectivity index is 1.55. The molecular formula is C22H26N2O4S. The van der Waals surface area contributed by atoms with Crippen LogP contribution < -0.4 is 10.0 Å². The molecule has 1 amide bonds. The van der Waals surface area contributed by atoms with Gasteiger partial charge in [0.2, 0.25) is 15.9 Å². The van der Waals surface area contributed by atoms with Gasteiger partial charge in [-0.3, -0.25) is 9.59 Å². The minimum Gasteiger partial charge on any atom is -0.349 e. The zero-order valence-electron chi connectivity index (χ0n) is 16.6. The molecule has 2 aromatic rings. The molecular weight excluding hydrogens is 388 g/mol. The molecule has 3 rings (SSSR count). The summed E-state index contributed by atoms with van der Waals surface area (Å²) in [7, 11) is -3.73. The van der Waals surface area contributed by atoms with E-state index in [1.165, 1.54) is 31.2 Å². The lowest BCUT2D eigenvalue weighted by Crippen LogP contribution is -2.34. The number of rotatable bonds is 9. The van der Waals surface area contributed by atoms with Crippen LogP contribution in [-0.4, -0.2) is 26.7 Å². The highest BCUT2D eigenvalue weighted by atomic mass is 32.2. The van der Waals surface area contributed by atoms with Gasteiger partial charge in [0.05, 0.1) is 10.9 Å². The summed E-state index contributed by atoms with van der Waals surface area (Å²) in [6.45, 7) is 3.59. The first-order chi connectivity index (χ1) is 13.8. The van der Waals surface area contributed by atoms with Crippen molar-refractivity contribution in [2.75, 3.05) is 6.54 Å². The molecule has 154 valence electrons. The quantitative estimate of drug-likeness (QED) is 0.617. The first-order valence-electron chi connectivity index (χ1n) is 9.73. The molecule has 0 bridgehead atoms. The van der Waals surface area contributed by atoms with E-state index in [2.05, 4.69) is 17.0 Å². The van der Waals surface area contributed by atoms with E-state index in [-0.39, 0.29) is 35.6 Å². The van der Waals surface area contributed by atoms with Crippen LogP contribution in [0.25, 0.3) is 0 Å². The molecule has 6 nitrogen and oxygen atoms in total. The first kappa shape index (κ1) is 21.2. The zero-order chi connectivity index (χ0) is 21.0. The normalized spacial score (nSPS) is 19.4. The van der Waals surface area contributed by atoms with E-state index in [0.717, 1.165) is 12.0 Å². The van der Waals surface area contributed by atoms with Gasteiger partial charge in [0.25, 0.3) is 0 Å². The Morgan fingerprint density at radius 3 is 2.24 bits per heavy atom. The number of amides is 1. The molecule has 0 heterocycles. The van der Waals surface area contributed by atoms with Crippen LogP contribution in [0.4, 0.5) is 0 Å². The van der Waals surface area contributed by atoms with E-state index in [4.69, 9.17) is 0 Å². The van der Waals surface area contributed by atoms with Crippen LogP contribution in [0.3, 0.4) is 0 Å². The zero-order valence-corrected chi connectivity index (χ0v) is 17.4. The lowest BCUT2D eigenvalue weighted by molar-refractivity contribution is -0.121. The Morgan fingerprint density at radius 2 is 1.69 bits per heavy atom. The molecule has 0 radical (unpaired) electrons. The molecule has 3 unspecified atom stereocenters. The molecule has 0 saturated heterocycles. The van der Waals surface area contributed by atoms with E-state index in [0.29, 0.717) is 17.4 Å². The van der Waals surface area contributed by atoms with E-state index < -0.39 is 10.0 Å². The van der Waals surface area contributed by atoms with E-state index in [9.17, 15) is 18.0 Å². The van der Waals surface area contributed by atoms with Crippen molar-refractivity contribution in [3.05, 3.63) is 65.7 Å². The molecule has 29 heavy (non-hydrogen) atoms. The smallest absolute Gasteiger partial charge is 0.240 e. The third kappa shape index (κ3) is 5.52. The number of carbonyl (C=O) groups is 2. The second kappa shape index (κ2) is 8.88. The molecule has 1 aliphatic rings. The van der Waals surface area contributed by atoms with Gasteiger partial charge in [-0.05, 0) is 42.9 Å². The minimum atomic E-state index is -3.73. The van der Waals surface area contributed by atoms with Gasteiger partial charge < -0.3 is 5.32 Å². The number of hydrogen-bond acceptors (Lipinski definition) is 4. The maximum Gasteiger partial charge on any atom is 0.240 e. The molecule has 1 saturated carbocycles. The van der Waals surface area contributed by atoms with E-state index >= 15 is 0 Å². The van der Waals surface area contributed by atoms with Crippen LogP contribution in [0.2, 0.25) is 0 Å². The number of hydrogen-bond donors (Lipinski definition) is 2. The first-order valence-corrected chi connectivity index (χ1v) is 11.2. The van der Waals surface area contributed by atoms with Crippen molar-refractivity contribution in [3.8, 4) is 0 Å². The van der Waals surface area contributed by atoms with Crippen molar-refractivity contribution in [1.82, 2.24) is 10.0 Å². The van der Waals surface area contributed by atoms with Crippen LogP contribution in [0.1, 0.15) is 48.7 Å². The predicted octanol–water partition coefficient (Wildman–Crippen LogP) is 3.07. The van der Waals surface area contributed by atoms with Gasteiger partial charge in [-0.25, -0.2) is 13.1 Å². The predicted molar refractivity (Wildman–Crippen MR) is 111 cm³/mol. The van der Waals surface area contributed by atoms with E-state index in [1.54, 1.807) is 0 Å². The monoisotopic (exact) mass is 414 g/mol. The summed E-state index contributed by atoms with van der Waals surface area (Å²) in [6, 6.07) is 15.5. The third-order valence-corrected chi connectivity index (χ3v) is 6.77. The number of sulfonamides is 1. The molecule has 2 N–H and O–H groups in total. The minimum absolute atomic E-state index is 0.00432. The number of ketones is 1. The average molecular weight is 415 g/mol. The summed E-state index contributed by atoms with van der Waals surface area (Å²) in [5.74, 6) is 0.666. The van der Waals surface area contributed by atoms with Gasteiger partial charge >= 0.3 is 0 Å². The molecule has 0 spiro atoms. The highest BCUT2D eigenvalue weighted by molar-refractivity contribution is 7.89. The Kier molecular flexibility index (Phi) is 6.49. The fourth-order valence-electron chi connectivity index (χ4n) is 3.41. The topological polar surface area (TPSA) is 92.3 Å². The molecule has 2 aromatic carbocycles. The van der Waals surface area contributed by atoms with Crippen LogP contribution in [0.5, 0.6) is 0 Å². The van der Waals surface area contributed by atoms with Crippen molar-refractivity contribution < 1.29 is 18.0 Å². The molecule has 0 aliphatic heterocycles. The Morgan fingerprint density at radius 1 is 1.07 bits per heavy atom. The van der Waals surface area contributed by atoms with Crippen molar-refractivity contribution in [3.63, 3.8) is 0 Å². The van der Waals surface area contributed by atoms with Gasteiger partial charge in [0.1, 0.15) is 0 Å². The Labute approximate surface area is 171 Å². The van der Waals surface area contributed by atoms with Gasteiger partial charge in [0, 0.05) is 18.5 Å². The summed E-state index contributed by atoms with van der Waals surface area (Å²) in [5, 5.41) is 3.06. The summed E-state index contributed by atoms with van der Waals surface area (Å²) in [5.41, 5.74) is 1.52. The fourth-order valence-corrected chi connectivity index (χ4v) is 4.44. The highest BCUT2D eigenvalue weighted by Crippen LogP contribution is 2.46. The van der Waals surface area contributed by atoms with Gasteiger partial charge in [-0.1, -0.05) is 49.4 Å². The van der Waals surface area contributed by atoms with Crippen molar-refractivity contribution >= 4 is 21.7 Å². The van der Waals surface area contributed by atoms with Crippen LogP contribution in [0, 0.1) is 11.8 Å². The van der Waals surface area contributed by atoms with Gasteiger partial charge in [-0.2, -0.15) is 0 Å². The van der Waals surface area contributed by atoms with Gasteiger partial charge in [-0.15, -0.1) is 0 Å².